The molecule has 1 fully saturated rings. The normalized spacial score (nSPS) is 26.3. The number of nitrogens with one attached hydrogen (secondary N) is 1. The number of aliphatic carboxylic acids is 1. The van der Waals surface area contributed by atoms with E-state index in [9.17, 15) is 9.90 Å². The molecule has 4 nitrogen and oxygen atoms in total. The fourth-order valence-corrected chi connectivity index (χ4v) is 3.04. The van der Waals surface area contributed by atoms with Gasteiger partial charge >= 0.3 is 5.97 Å². The third kappa shape index (κ3) is 5.41. The standard InChI is InChI=1S/C16H31NO3/c1-4-5-6-7-8-11-20-14-9-10-16(12-14,15(18)19)17-13(2)3/h13-14,17H,4-12H2,1-3H3,(H,18,19). The number of hydrogen-bond acceptors (Lipinski definition) is 3. The van der Waals surface area contributed by atoms with E-state index in [0.29, 0.717) is 12.8 Å². The van der Waals surface area contributed by atoms with E-state index in [1.54, 1.807) is 0 Å². The van der Waals surface area contributed by atoms with E-state index in [1.807, 2.05) is 13.8 Å². The second-order valence-corrected chi connectivity index (χ2v) is 6.34. The zero-order valence-corrected chi connectivity index (χ0v) is 13.3. The second-order valence-electron chi connectivity index (χ2n) is 6.34. The van der Waals surface area contributed by atoms with E-state index in [4.69, 9.17) is 4.74 Å². The summed E-state index contributed by atoms with van der Waals surface area (Å²) in [4.78, 5) is 11.5. The Morgan fingerprint density at radius 2 is 2.05 bits per heavy atom. The second kappa shape index (κ2) is 8.63. The van der Waals surface area contributed by atoms with E-state index in [2.05, 4.69) is 12.2 Å². The summed E-state index contributed by atoms with van der Waals surface area (Å²) in [7, 11) is 0. The fraction of sp³-hybridized carbons (Fsp3) is 0.938. The first-order valence-electron chi connectivity index (χ1n) is 8.13. The van der Waals surface area contributed by atoms with Gasteiger partial charge in [0.2, 0.25) is 0 Å². The lowest BCUT2D eigenvalue weighted by atomic mass is 9.96. The highest BCUT2D eigenvalue weighted by Crippen LogP contribution is 2.33. The first-order valence-corrected chi connectivity index (χ1v) is 8.13. The maximum atomic E-state index is 11.5. The minimum atomic E-state index is -0.777. The van der Waals surface area contributed by atoms with Crippen molar-refractivity contribution in [1.29, 1.82) is 0 Å². The Kier molecular flexibility index (Phi) is 7.52. The van der Waals surface area contributed by atoms with E-state index in [0.717, 1.165) is 19.4 Å². The maximum Gasteiger partial charge on any atom is 0.324 e. The van der Waals surface area contributed by atoms with Crippen LogP contribution in [0.25, 0.3) is 0 Å². The van der Waals surface area contributed by atoms with E-state index < -0.39 is 11.5 Å². The maximum absolute atomic E-state index is 11.5. The zero-order valence-electron chi connectivity index (χ0n) is 13.3. The van der Waals surface area contributed by atoms with Gasteiger partial charge in [-0.15, -0.1) is 0 Å². The molecule has 0 saturated heterocycles. The minimum absolute atomic E-state index is 0.100. The Hall–Kier alpha value is -0.610. The van der Waals surface area contributed by atoms with Crippen molar-refractivity contribution in [2.45, 2.75) is 89.8 Å². The van der Waals surface area contributed by atoms with Gasteiger partial charge in [0, 0.05) is 19.1 Å². The molecule has 118 valence electrons. The fourth-order valence-electron chi connectivity index (χ4n) is 3.04. The van der Waals surface area contributed by atoms with Crippen molar-refractivity contribution in [1.82, 2.24) is 5.32 Å². The van der Waals surface area contributed by atoms with Crippen LogP contribution in [0.5, 0.6) is 0 Å². The third-order valence-electron chi connectivity index (χ3n) is 4.05. The molecule has 1 saturated carbocycles. The summed E-state index contributed by atoms with van der Waals surface area (Å²) >= 11 is 0. The van der Waals surface area contributed by atoms with Crippen LogP contribution in [-0.2, 0) is 9.53 Å². The van der Waals surface area contributed by atoms with E-state index in [1.165, 1.54) is 25.7 Å². The number of unbranched alkanes of at least 4 members (excludes halogenated alkanes) is 4. The molecular weight excluding hydrogens is 254 g/mol. The lowest BCUT2D eigenvalue weighted by Crippen LogP contribution is -2.53. The monoisotopic (exact) mass is 285 g/mol. The first-order chi connectivity index (χ1) is 9.50. The molecule has 0 amide bonds. The summed E-state index contributed by atoms with van der Waals surface area (Å²) in [6, 6.07) is 0.180. The van der Waals surface area contributed by atoms with Gasteiger partial charge in [0.05, 0.1) is 6.10 Å². The van der Waals surface area contributed by atoms with Crippen LogP contribution in [0.4, 0.5) is 0 Å². The quantitative estimate of drug-likeness (QED) is 0.604. The summed E-state index contributed by atoms with van der Waals surface area (Å²) in [5.41, 5.74) is -0.777. The molecule has 0 aromatic carbocycles. The van der Waals surface area contributed by atoms with Gasteiger partial charge in [-0.05, 0) is 33.1 Å². The van der Waals surface area contributed by atoms with Crippen LogP contribution < -0.4 is 5.32 Å². The Balaban J connectivity index is 2.28. The first kappa shape index (κ1) is 17.4. The summed E-state index contributed by atoms with van der Waals surface area (Å²) in [6.45, 7) is 6.97. The predicted molar refractivity (Wildman–Crippen MR) is 81.0 cm³/mol. The van der Waals surface area contributed by atoms with Crippen molar-refractivity contribution in [2.24, 2.45) is 0 Å². The number of ether oxygens (including phenoxy) is 1. The number of hydrogen-bond donors (Lipinski definition) is 2. The van der Waals surface area contributed by atoms with E-state index in [-0.39, 0.29) is 12.1 Å². The average molecular weight is 285 g/mol. The van der Waals surface area contributed by atoms with Crippen molar-refractivity contribution < 1.29 is 14.6 Å². The SMILES string of the molecule is CCCCCCCOC1CCC(NC(C)C)(C(=O)O)C1. The molecule has 0 spiro atoms. The van der Waals surface area contributed by atoms with Crippen molar-refractivity contribution >= 4 is 5.97 Å². The molecule has 0 radical (unpaired) electrons. The molecule has 0 aromatic rings. The Morgan fingerprint density at radius 1 is 1.35 bits per heavy atom. The Morgan fingerprint density at radius 3 is 2.65 bits per heavy atom. The lowest BCUT2D eigenvalue weighted by Gasteiger charge is -2.28. The van der Waals surface area contributed by atoms with Gasteiger partial charge in [0.15, 0.2) is 0 Å². The third-order valence-corrected chi connectivity index (χ3v) is 4.05. The van der Waals surface area contributed by atoms with Gasteiger partial charge in [-0.1, -0.05) is 32.6 Å². The van der Waals surface area contributed by atoms with Crippen molar-refractivity contribution in [3.63, 3.8) is 0 Å². The molecule has 2 N–H and O–H groups in total. The molecule has 1 aliphatic rings. The molecule has 0 heterocycles. The largest absolute Gasteiger partial charge is 0.480 e. The molecule has 1 rings (SSSR count). The van der Waals surface area contributed by atoms with Crippen LogP contribution in [0.1, 0.15) is 72.1 Å². The smallest absolute Gasteiger partial charge is 0.324 e. The van der Waals surface area contributed by atoms with E-state index >= 15 is 0 Å². The topological polar surface area (TPSA) is 58.6 Å². The molecule has 0 aliphatic heterocycles. The van der Waals surface area contributed by atoms with Crippen LogP contribution in [0.3, 0.4) is 0 Å². The number of carboxylic acid groups (broad SMARTS) is 1. The molecule has 0 bridgehead atoms. The molecule has 4 heteroatoms. The summed E-state index contributed by atoms with van der Waals surface area (Å²) in [5.74, 6) is -0.736. The van der Waals surface area contributed by atoms with Gasteiger partial charge in [0.25, 0.3) is 0 Å². The summed E-state index contributed by atoms with van der Waals surface area (Å²) < 4.78 is 5.87. The summed E-state index contributed by atoms with van der Waals surface area (Å²) in [5, 5.41) is 12.7. The molecule has 20 heavy (non-hydrogen) atoms. The van der Waals surface area contributed by atoms with Crippen LogP contribution in [0.2, 0.25) is 0 Å². The van der Waals surface area contributed by atoms with Crippen LogP contribution in [-0.4, -0.2) is 35.4 Å². The predicted octanol–water partition coefficient (Wildman–Crippen LogP) is 3.35. The van der Waals surface area contributed by atoms with Crippen molar-refractivity contribution in [3.8, 4) is 0 Å². The van der Waals surface area contributed by atoms with Gasteiger partial charge < -0.3 is 9.84 Å². The van der Waals surface area contributed by atoms with Gasteiger partial charge in [-0.3, -0.25) is 10.1 Å². The lowest BCUT2D eigenvalue weighted by molar-refractivity contribution is -0.145. The Bertz CT molecular complexity index is 293. The summed E-state index contributed by atoms with van der Waals surface area (Å²) in [6.07, 6.45) is 8.34. The van der Waals surface area contributed by atoms with Crippen LogP contribution in [0.15, 0.2) is 0 Å². The van der Waals surface area contributed by atoms with Crippen LogP contribution >= 0.6 is 0 Å². The zero-order chi connectivity index (χ0) is 15.0. The van der Waals surface area contributed by atoms with Gasteiger partial charge in [-0.25, -0.2) is 0 Å². The highest BCUT2D eigenvalue weighted by molar-refractivity contribution is 5.79. The number of carbonyl (C=O) groups is 1. The average Bonchev–Trinajstić information content (AvgIpc) is 2.77. The Labute approximate surface area is 123 Å². The van der Waals surface area contributed by atoms with Gasteiger partial charge in [0.1, 0.15) is 5.54 Å². The molecule has 1 aliphatic carbocycles. The number of carboxylic acids is 1. The minimum Gasteiger partial charge on any atom is -0.480 e. The highest BCUT2D eigenvalue weighted by Gasteiger charge is 2.46. The molecular formula is C16H31NO3. The van der Waals surface area contributed by atoms with Gasteiger partial charge in [-0.2, -0.15) is 0 Å². The number of rotatable bonds is 10. The molecule has 0 aromatic heterocycles. The van der Waals surface area contributed by atoms with Crippen LogP contribution in [0, 0.1) is 0 Å². The molecule has 2 atom stereocenters. The molecule has 2 unspecified atom stereocenters. The van der Waals surface area contributed by atoms with Crippen molar-refractivity contribution in [3.05, 3.63) is 0 Å². The highest BCUT2D eigenvalue weighted by atomic mass is 16.5. The van der Waals surface area contributed by atoms with Crippen molar-refractivity contribution in [2.75, 3.05) is 6.61 Å².